The van der Waals surface area contributed by atoms with Crippen LogP contribution in [0.3, 0.4) is 0 Å². The summed E-state index contributed by atoms with van der Waals surface area (Å²) in [7, 11) is 5.41. The number of ether oxygens (including phenoxy) is 1. The maximum Gasteiger partial charge on any atom is 0.254 e. The molecule has 47 heavy (non-hydrogen) atoms. The van der Waals surface area contributed by atoms with Crippen LogP contribution in [0.15, 0.2) is 78.2 Å². The molecule has 2 amide bonds. The van der Waals surface area contributed by atoms with Crippen molar-refractivity contribution in [2.24, 2.45) is 0 Å². The van der Waals surface area contributed by atoms with Crippen LogP contribution in [0.5, 0.6) is 5.75 Å². The summed E-state index contributed by atoms with van der Waals surface area (Å²) in [6, 6.07) is 22.2. The molecule has 1 fully saturated rings. The van der Waals surface area contributed by atoms with Crippen molar-refractivity contribution in [3.63, 3.8) is 0 Å². The summed E-state index contributed by atoms with van der Waals surface area (Å²) in [5.74, 6) is 0.300. The van der Waals surface area contributed by atoms with Crippen LogP contribution in [0.4, 0.5) is 5.69 Å². The molecule has 5 rings (SSSR count). The van der Waals surface area contributed by atoms with Gasteiger partial charge < -0.3 is 30.3 Å². The number of thiazole rings is 1. The monoisotopic (exact) mass is 655 g/mol. The molecule has 1 aromatic heterocycles. The topological polar surface area (TPSA) is 107 Å². The Morgan fingerprint density at radius 1 is 1.09 bits per heavy atom. The highest BCUT2D eigenvalue weighted by Gasteiger charge is 2.33. The molecule has 1 saturated heterocycles. The molecule has 9 nitrogen and oxygen atoms in total. The quantitative estimate of drug-likeness (QED) is 0.173. The third-order valence-corrected chi connectivity index (χ3v) is 9.75. The lowest BCUT2D eigenvalue weighted by Crippen LogP contribution is -2.49. The highest BCUT2D eigenvalue weighted by molar-refractivity contribution is 7.09. The molecule has 0 radical (unpaired) electrons. The molecule has 2 heterocycles. The van der Waals surface area contributed by atoms with Crippen LogP contribution in [-0.2, 0) is 6.42 Å². The van der Waals surface area contributed by atoms with E-state index >= 15 is 0 Å². The molecule has 1 aliphatic heterocycles. The second-order valence-corrected chi connectivity index (χ2v) is 13.3. The van der Waals surface area contributed by atoms with Crippen molar-refractivity contribution in [3.8, 4) is 5.75 Å². The summed E-state index contributed by atoms with van der Waals surface area (Å²) in [5, 5.41) is 20.9. The Labute approximate surface area is 281 Å². The molecular formula is C37H45N5O4S. The lowest BCUT2D eigenvalue weighted by Gasteiger charge is -2.27. The number of aliphatic hydroxyl groups excluding tert-OH is 1. The Morgan fingerprint density at radius 2 is 1.85 bits per heavy atom. The Hall–Kier alpha value is -4.25. The summed E-state index contributed by atoms with van der Waals surface area (Å²) in [6.45, 7) is 4.89. The van der Waals surface area contributed by atoms with E-state index in [1.165, 1.54) is 0 Å². The first-order valence-corrected chi connectivity index (χ1v) is 17.0. The zero-order chi connectivity index (χ0) is 33.5. The molecular weight excluding hydrogens is 611 g/mol. The van der Waals surface area contributed by atoms with E-state index in [0.29, 0.717) is 24.1 Å². The highest BCUT2D eigenvalue weighted by Crippen LogP contribution is 2.35. The van der Waals surface area contributed by atoms with Gasteiger partial charge in [0.15, 0.2) is 0 Å². The number of aryl methyl sites for hydroxylation is 1. The predicted octanol–water partition coefficient (Wildman–Crippen LogP) is 5.56. The number of carbonyl (C=O) groups is 2. The molecule has 1 aliphatic rings. The third kappa shape index (κ3) is 8.57. The Balaban J connectivity index is 1.36. The van der Waals surface area contributed by atoms with Crippen molar-refractivity contribution >= 4 is 28.8 Å². The number of aromatic nitrogens is 1. The van der Waals surface area contributed by atoms with Gasteiger partial charge in [0.2, 0.25) is 0 Å². The van der Waals surface area contributed by atoms with Gasteiger partial charge in [0, 0.05) is 61.1 Å². The molecule has 4 atom stereocenters. The van der Waals surface area contributed by atoms with Crippen LogP contribution in [0.1, 0.15) is 74.4 Å². The number of nitrogens with zero attached hydrogens (tertiary/aromatic N) is 3. The fraction of sp³-hybridized carbons (Fsp3) is 0.378. The highest BCUT2D eigenvalue weighted by atomic mass is 32.1. The van der Waals surface area contributed by atoms with Crippen molar-refractivity contribution in [1.29, 1.82) is 0 Å². The van der Waals surface area contributed by atoms with Gasteiger partial charge in [-0.25, -0.2) is 4.98 Å². The number of amides is 2. The van der Waals surface area contributed by atoms with Crippen LogP contribution >= 0.6 is 11.3 Å². The van der Waals surface area contributed by atoms with E-state index in [1.54, 1.807) is 30.6 Å². The van der Waals surface area contributed by atoms with E-state index < -0.39 is 12.1 Å². The summed E-state index contributed by atoms with van der Waals surface area (Å²) < 4.78 is 5.37. The van der Waals surface area contributed by atoms with E-state index in [9.17, 15) is 14.7 Å². The number of hydrogen-bond acceptors (Lipinski definition) is 8. The van der Waals surface area contributed by atoms with E-state index in [-0.39, 0.29) is 30.4 Å². The van der Waals surface area contributed by atoms with E-state index in [1.807, 2.05) is 104 Å². The average Bonchev–Trinajstić information content (AvgIpc) is 3.75. The van der Waals surface area contributed by atoms with Gasteiger partial charge in [-0.3, -0.25) is 9.59 Å². The number of rotatable bonds is 13. The molecule has 248 valence electrons. The zero-order valence-corrected chi connectivity index (χ0v) is 28.6. The summed E-state index contributed by atoms with van der Waals surface area (Å²) in [4.78, 5) is 36.3. The normalized spacial score (nSPS) is 16.4. The molecule has 0 aliphatic carbocycles. The number of hydrogen-bond donors (Lipinski definition) is 3. The van der Waals surface area contributed by atoms with Gasteiger partial charge in [0.05, 0.1) is 25.3 Å². The SMILES string of the molecule is COc1cccc([C@H](C)NC[C@@H](O)[C@H](Cc2ccccc2)NC(=O)c2cc(C(=O)N3CCC[C@@H]3c3nc(C)cs3)cc(N(C)C)c2)c1. The van der Waals surface area contributed by atoms with Crippen LogP contribution < -0.4 is 20.3 Å². The first-order valence-electron chi connectivity index (χ1n) is 16.1. The summed E-state index contributed by atoms with van der Waals surface area (Å²) in [6.07, 6.45) is 1.31. The predicted molar refractivity (Wildman–Crippen MR) is 187 cm³/mol. The number of benzene rings is 3. The van der Waals surface area contributed by atoms with Crippen LogP contribution in [0.25, 0.3) is 0 Å². The zero-order valence-electron chi connectivity index (χ0n) is 27.8. The first kappa shape index (κ1) is 34.1. The van der Waals surface area contributed by atoms with Crippen LogP contribution in [0, 0.1) is 6.92 Å². The van der Waals surface area contributed by atoms with Crippen molar-refractivity contribution in [2.75, 3.05) is 39.2 Å². The number of carbonyl (C=O) groups excluding carboxylic acids is 2. The van der Waals surface area contributed by atoms with E-state index in [4.69, 9.17) is 4.74 Å². The molecule has 0 unspecified atom stereocenters. The molecule has 3 N–H and O–H groups in total. The largest absolute Gasteiger partial charge is 0.497 e. The minimum atomic E-state index is -0.891. The lowest BCUT2D eigenvalue weighted by atomic mass is 9.99. The van der Waals surface area contributed by atoms with Gasteiger partial charge in [-0.05, 0) is 74.6 Å². The smallest absolute Gasteiger partial charge is 0.254 e. The van der Waals surface area contributed by atoms with Crippen molar-refractivity contribution in [3.05, 3.63) is 111 Å². The fourth-order valence-electron chi connectivity index (χ4n) is 5.95. The number of methoxy groups -OCH3 is 1. The second-order valence-electron chi connectivity index (χ2n) is 12.4. The molecule has 4 aromatic rings. The number of likely N-dealkylation sites (tertiary alicyclic amines) is 1. The minimum absolute atomic E-state index is 0.0547. The summed E-state index contributed by atoms with van der Waals surface area (Å²) in [5.41, 5.74) is 4.54. The van der Waals surface area contributed by atoms with Crippen LogP contribution in [0.2, 0.25) is 0 Å². The van der Waals surface area contributed by atoms with Crippen LogP contribution in [-0.4, -0.2) is 73.2 Å². The molecule has 10 heteroatoms. The first-order chi connectivity index (χ1) is 22.6. The van der Waals surface area contributed by atoms with Crippen molar-refractivity contribution in [1.82, 2.24) is 20.5 Å². The van der Waals surface area contributed by atoms with Gasteiger partial charge in [-0.15, -0.1) is 11.3 Å². The van der Waals surface area contributed by atoms with Gasteiger partial charge in [-0.1, -0.05) is 42.5 Å². The van der Waals surface area contributed by atoms with Gasteiger partial charge in [-0.2, -0.15) is 0 Å². The number of aliphatic hydroxyl groups is 1. The molecule has 0 saturated carbocycles. The number of nitrogens with one attached hydrogen (secondary N) is 2. The second kappa shape index (κ2) is 15.6. The Morgan fingerprint density at radius 3 is 2.55 bits per heavy atom. The Kier molecular flexibility index (Phi) is 11.3. The van der Waals surface area contributed by atoms with E-state index in [0.717, 1.165) is 46.1 Å². The maximum atomic E-state index is 14.0. The van der Waals surface area contributed by atoms with Gasteiger partial charge in [0.25, 0.3) is 11.8 Å². The lowest BCUT2D eigenvalue weighted by molar-refractivity contribution is 0.0735. The van der Waals surface area contributed by atoms with E-state index in [2.05, 4.69) is 15.6 Å². The van der Waals surface area contributed by atoms with Crippen molar-refractivity contribution < 1.29 is 19.4 Å². The standard InChI is InChI=1S/C37H45N5O4S/c1-24-23-47-36(39-24)33-15-10-16-42(33)37(45)29-18-28(19-30(20-29)41(3)4)35(44)40-32(17-26-11-7-6-8-12-26)34(43)22-38-25(2)27-13-9-14-31(21-27)46-5/h6-9,11-14,18-21,23,25,32-34,38,43H,10,15-17,22H2,1-5H3,(H,40,44)/t25-,32-,33+,34+/m0/s1. The van der Waals surface area contributed by atoms with Gasteiger partial charge in [0.1, 0.15) is 10.8 Å². The minimum Gasteiger partial charge on any atom is -0.497 e. The Bertz CT molecular complexity index is 1660. The van der Waals surface area contributed by atoms with Crippen molar-refractivity contribution in [2.45, 2.75) is 57.3 Å². The number of anilines is 1. The average molecular weight is 656 g/mol. The third-order valence-electron chi connectivity index (χ3n) is 8.69. The molecule has 3 aromatic carbocycles. The molecule has 0 bridgehead atoms. The summed E-state index contributed by atoms with van der Waals surface area (Å²) >= 11 is 1.58. The van der Waals surface area contributed by atoms with Gasteiger partial charge >= 0.3 is 0 Å². The fourth-order valence-corrected chi connectivity index (χ4v) is 6.90. The molecule has 0 spiro atoms. The maximum absolute atomic E-state index is 14.0.